The summed E-state index contributed by atoms with van der Waals surface area (Å²) in [6.45, 7) is 3.40. The van der Waals surface area contributed by atoms with Crippen molar-refractivity contribution in [3.63, 3.8) is 0 Å². The van der Waals surface area contributed by atoms with Gasteiger partial charge in [0.2, 0.25) is 5.91 Å². The number of hydrogen-bond donors (Lipinski definition) is 1. The minimum absolute atomic E-state index is 0.155. The molecule has 0 radical (unpaired) electrons. The number of ether oxygens (including phenoxy) is 1. The van der Waals surface area contributed by atoms with Gasteiger partial charge in [-0.1, -0.05) is 19.1 Å². The van der Waals surface area contributed by atoms with E-state index < -0.39 is 5.97 Å². The number of carbonyl (C=O) groups excluding carboxylic acids is 1. The molecular formula is C18H25NO4. The van der Waals surface area contributed by atoms with Crippen LogP contribution >= 0.6 is 0 Å². The first-order chi connectivity index (χ1) is 11.0. The van der Waals surface area contributed by atoms with E-state index in [-0.39, 0.29) is 24.2 Å². The normalized spacial score (nSPS) is 16.9. The second-order valence-electron chi connectivity index (χ2n) is 6.30. The van der Waals surface area contributed by atoms with E-state index in [2.05, 4.69) is 6.92 Å². The number of rotatable bonds is 6. The molecule has 1 aromatic carbocycles. The summed E-state index contributed by atoms with van der Waals surface area (Å²) in [6.07, 6.45) is 2.27. The Morgan fingerprint density at radius 1 is 1.26 bits per heavy atom. The highest BCUT2D eigenvalue weighted by Crippen LogP contribution is 2.25. The van der Waals surface area contributed by atoms with Crippen molar-refractivity contribution in [3.8, 4) is 5.75 Å². The first-order valence-corrected chi connectivity index (χ1v) is 8.13. The zero-order valence-corrected chi connectivity index (χ0v) is 13.8. The van der Waals surface area contributed by atoms with E-state index >= 15 is 0 Å². The Hall–Kier alpha value is -2.04. The molecule has 2 rings (SSSR count). The summed E-state index contributed by atoms with van der Waals surface area (Å²) < 4.78 is 5.15. The average Bonchev–Trinajstić information content (AvgIpc) is 2.55. The van der Waals surface area contributed by atoms with Crippen LogP contribution in [0.1, 0.15) is 44.1 Å². The van der Waals surface area contributed by atoms with Crippen LogP contribution in [0.4, 0.5) is 0 Å². The first-order valence-electron chi connectivity index (χ1n) is 8.13. The summed E-state index contributed by atoms with van der Waals surface area (Å²) in [5.74, 6) is 0.582. The van der Waals surface area contributed by atoms with Gasteiger partial charge in [0.15, 0.2) is 0 Å². The minimum Gasteiger partial charge on any atom is -0.497 e. The van der Waals surface area contributed by atoms with Crippen molar-refractivity contribution in [1.82, 2.24) is 4.90 Å². The molecule has 1 aliphatic rings. The van der Waals surface area contributed by atoms with Crippen LogP contribution in [-0.4, -0.2) is 42.1 Å². The van der Waals surface area contributed by atoms with Gasteiger partial charge in [-0.3, -0.25) is 9.59 Å². The molecule has 0 saturated carbocycles. The third-order valence-corrected chi connectivity index (χ3v) is 4.60. The van der Waals surface area contributed by atoms with Gasteiger partial charge in [-0.25, -0.2) is 0 Å². The summed E-state index contributed by atoms with van der Waals surface area (Å²) in [6, 6.07) is 7.81. The van der Waals surface area contributed by atoms with Gasteiger partial charge >= 0.3 is 5.97 Å². The number of carboxylic acids is 1. The molecule has 1 aliphatic heterocycles. The van der Waals surface area contributed by atoms with Gasteiger partial charge in [-0.2, -0.15) is 0 Å². The topological polar surface area (TPSA) is 66.8 Å². The first kappa shape index (κ1) is 17.3. The van der Waals surface area contributed by atoms with E-state index in [0.29, 0.717) is 19.5 Å². The van der Waals surface area contributed by atoms with Crippen molar-refractivity contribution >= 4 is 11.9 Å². The monoisotopic (exact) mass is 319 g/mol. The highest BCUT2D eigenvalue weighted by atomic mass is 16.5. The minimum atomic E-state index is -0.747. The van der Waals surface area contributed by atoms with Gasteiger partial charge in [0, 0.05) is 25.9 Å². The highest BCUT2D eigenvalue weighted by Gasteiger charge is 2.25. The Labute approximate surface area is 137 Å². The van der Waals surface area contributed by atoms with E-state index in [9.17, 15) is 9.59 Å². The van der Waals surface area contributed by atoms with Gasteiger partial charge in [-0.15, -0.1) is 0 Å². The molecular weight excluding hydrogens is 294 g/mol. The van der Waals surface area contributed by atoms with Crippen molar-refractivity contribution < 1.29 is 19.4 Å². The van der Waals surface area contributed by atoms with Gasteiger partial charge < -0.3 is 14.7 Å². The maximum atomic E-state index is 12.4. The molecule has 5 heteroatoms. The lowest BCUT2D eigenvalue weighted by Gasteiger charge is -2.32. The number of likely N-dealkylation sites (tertiary alicyclic amines) is 1. The molecule has 126 valence electrons. The molecule has 5 nitrogen and oxygen atoms in total. The number of piperidine rings is 1. The summed E-state index contributed by atoms with van der Waals surface area (Å²) >= 11 is 0. The van der Waals surface area contributed by atoms with E-state index in [1.54, 1.807) is 7.11 Å². The van der Waals surface area contributed by atoms with Crippen molar-refractivity contribution in [1.29, 1.82) is 0 Å². The van der Waals surface area contributed by atoms with E-state index in [1.165, 1.54) is 0 Å². The van der Waals surface area contributed by atoms with Crippen LogP contribution in [0.2, 0.25) is 0 Å². The van der Waals surface area contributed by atoms with Gasteiger partial charge in [-0.05, 0) is 42.4 Å². The molecule has 1 heterocycles. The number of carboxylic acid groups (broad SMARTS) is 1. The molecule has 23 heavy (non-hydrogen) atoms. The molecule has 1 aromatic rings. The lowest BCUT2D eigenvalue weighted by molar-refractivity contribution is -0.138. The molecule has 0 spiro atoms. The van der Waals surface area contributed by atoms with E-state index in [0.717, 1.165) is 24.2 Å². The molecule has 1 atom stereocenters. The zero-order valence-electron chi connectivity index (χ0n) is 13.8. The van der Waals surface area contributed by atoms with Crippen LogP contribution < -0.4 is 4.74 Å². The Morgan fingerprint density at radius 3 is 2.39 bits per heavy atom. The largest absolute Gasteiger partial charge is 0.497 e. The van der Waals surface area contributed by atoms with E-state index in [4.69, 9.17) is 9.84 Å². The lowest BCUT2D eigenvalue weighted by Crippen LogP contribution is -2.39. The Bertz CT molecular complexity index is 532. The third kappa shape index (κ3) is 4.98. The lowest BCUT2D eigenvalue weighted by atomic mass is 9.92. The SMILES string of the molecule is COc1ccc(C(C)CC(=O)N2CCC(CC(=O)O)CC2)cc1. The number of nitrogens with zero attached hydrogens (tertiary/aromatic N) is 1. The fourth-order valence-corrected chi connectivity index (χ4v) is 3.07. The maximum absolute atomic E-state index is 12.4. The Morgan fingerprint density at radius 2 is 1.87 bits per heavy atom. The Balaban J connectivity index is 1.83. The highest BCUT2D eigenvalue weighted by molar-refractivity contribution is 5.77. The Kier molecular flexibility index (Phi) is 6.02. The maximum Gasteiger partial charge on any atom is 0.303 e. The molecule has 1 fully saturated rings. The third-order valence-electron chi connectivity index (χ3n) is 4.60. The van der Waals surface area contributed by atoms with Gasteiger partial charge in [0.05, 0.1) is 7.11 Å². The van der Waals surface area contributed by atoms with Crippen LogP contribution in [0.25, 0.3) is 0 Å². The number of carbonyl (C=O) groups is 2. The number of amides is 1. The van der Waals surface area contributed by atoms with Crippen LogP contribution in [0.15, 0.2) is 24.3 Å². The van der Waals surface area contributed by atoms with Gasteiger partial charge in [0.1, 0.15) is 5.75 Å². The predicted molar refractivity (Wildman–Crippen MR) is 87.6 cm³/mol. The van der Waals surface area contributed by atoms with Crippen LogP contribution in [0.5, 0.6) is 5.75 Å². The fourth-order valence-electron chi connectivity index (χ4n) is 3.07. The van der Waals surface area contributed by atoms with Crippen molar-refractivity contribution in [2.45, 2.75) is 38.5 Å². The van der Waals surface area contributed by atoms with Crippen molar-refractivity contribution in [3.05, 3.63) is 29.8 Å². The number of aliphatic carboxylic acids is 1. The number of benzene rings is 1. The van der Waals surface area contributed by atoms with Crippen LogP contribution in [0, 0.1) is 5.92 Å². The molecule has 0 aromatic heterocycles. The summed E-state index contributed by atoms with van der Waals surface area (Å²) in [5, 5.41) is 8.83. The summed E-state index contributed by atoms with van der Waals surface area (Å²) in [4.78, 5) is 25.0. The van der Waals surface area contributed by atoms with E-state index in [1.807, 2.05) is 29.2 Å². The summed E-state index contributed by atoms with van der Waals surface area (Å²) in [5.41, 5.74) is 1.12. The van der Waals surface area contributed by atoms with Crippen molar-refractivity contribution in [2.75, 3.05) is 20.2 Å². The molecule has 1 saturated heterocycles. The van der Waals surface area contributed by atoms with Crippen LogP contribution in [0.3, 0.4) is 0 Å². The second kappa shape index (κ2) is 7.99. The quantitative estimate of drug-likeness (QED) is 0.875. The zero-order chi connectivity index (χ0) is 16.8. The molecule has 1 amide bonds. The molecule has 0 aliphatic carbocycles. The molecule has 1 unspecified atom stereocenters. The molecule has 0 bridgehead atoms. The standard InChI is InChI=1S/C18H25NO4/c1-13(15-3-5-16(23-2)6-4-15)11-17(20)19-9-7-14(8-10-19)12-18(21)22/h3-6,13-14H,7-12H2,1-2H3,(H,21,22). The van der Waals surface area contributed by atoms with Crippen molar-refractivity contribution in [2.24, 2.45) is 5.92 Å². The predicted octanol–water partition coefficient (Wildman–Crippen LogP) is 2.90. The summed E-state index contributed by atoms with van der Waals surface area (Å²) in [7, 11) is 1.63. The molecule has 1 N–H and O–H groups in total. The number of methoxy groups -OCH3 is 1. The average molecular weight is 319 g/mol. The van der Waals surface area contributed by atoms with Crippen LogP contribution in [-0.2, 0) is 9.59 Å². The second-order valence-corrected chi connectivity index (χ2v) is 6.30. The van der Waals surface area contributed by atoms with Gasteiger partial charge in [0.25, 0.3) is 0 Å². The smallest absolute Gasteiger partial charge is 0.303 e. The fraction of sp³-hybridized carbons (Fsp3) is 0.556. The number of hydrogen-bond acceptors (Lipinski definition) is 3.